The van der Waals surface area contributed by atoms with Gasteiger partial charge in [-0.05, 0) is 37.5 Å². The van der Waals surface area contributed by atoms with Gasteiger partial charge in [-0.2, -0.15) is 17.7 Å². The minimum absolute atomic E-state index is 0.00777. The maximum atomic E-state index is 13.1. The molecule has 0 saturated carbocycles. The molecule has 1 saturated heterocycles. The number of alkyl halides is 3. The second-order valence-corrected chi connectivity index (χ2v) is 8.36. The molecule has 0 spiro atoms. The fourth-order valence-electron chi connectivity index (χ4n) is 4.09. The number of hydrogen-bond acceptors (Lipinski definition) is 6. The molecule has 0 bridgehead atoms. The fourth-order valence-corrected chi connectivity index (χ4v) is 4.09. The molecule has 3 aromatic rings. The second kappa shape index (κ2) is 10.3. The number of anilines is 1. The lowest BCUT2D eigenvalue weighted by molar-refractivity contribution is -0.146. The number of carbonyl (C=O) groups excluding carboxylic acids is 2. The van der Waals surface area contributed by atoms with E-state index in [-0.39, 0.29) is 29.9 Å². The Bertz CT molecular complexity index is 1170. The number of nitrogens with one attached hydrogen (secondary N) is 1. The molecule has 2 aromatic heterocycles. The van der Waals surface area contributed by atoms with Crippen LogP contribution in [0.15, 0.2) is 42.5 Å². The van der Waals surface area contributed by atoms with Crippen LogP contribution in [0.4, 0.5) is 19.0 Å². The fraction of sp³-hybridized carbons (Fsp3) is 0.435. The molecule has 9 nitrogen and oxygen atoms in total. The average Bonchev–Trinajstić information content (AvgIpc) is 3.30. The first-order valence-corrected chi connectivity index (χ1v) is 11.4. The van der Waals surface area contributed by atoms with Gasteiger partial charge >= 0.3 is 6.18 Å². The van der Waals surface area contributed by atoms with E-state index in [0.29, 0.717) is 49.4 Å². The van der Waals surface area contributed by atoms with Gasteiger partial charge in [-0.3, -0.25) is 9.59 Å². The van der Waals surface area contributed by atoms with Gasteiger partial charge in [0.05, 0.1) is 6.54 Å². The Morgan fingerprint density at radius 3 is 2.46 bits per heavy atom. The molecule has 0 radical (unpaired) electrons. The van der Waals surface area contributed by atoms with Crippen molar-refractivity contribution in [2.24, 2.45) is 5.92 Å². The van der Waals surface area contributed by atoms with Crippen molar-refractivity contribution in [3.05, 3.63) is 53.9 Å². The zero-order chi connectivity index (χ0) is 25.0. The molecule has 12 heteroatoms. The normalized spacial score (nSPS) is 14.8. The van der Waals surface area contributed by atoms with Crippen LogP contribution in [-0.2, 0) is 22.3 Å². The number of carbonyl (C=O) groups is 2. The Hall–Kier alpha value is -3.70. The predicted molar refractivity (Wildman–Crippen MR) is 121 cm³/mol. The van der Waals surface area contributed by atoms with Crippen LogP contribution >= 0.6 is 0 Å². The molecule has 0 unspecified atom stereocenters. The van der Waals surface area contributed by atoms with Gasteiger partial charge in [0.1, 0.15) is 5.82 Å². The number of hydrogen-bond donors (Lipinski definition) is 1. The van der Waals surface area contributed by atoms with Crippen LogP contribution in [0.3, 0.4) is 0 Å². The number of piperidine rings is 1. The summed E-state index contributed by atoms with van der Waals surface area (Å²) in [5, 5.41) is 13.5. The van der Waals surface area contributed by atoms with Crippen LogP contribution < -0.4 is 10.2 Å². The van der Waals surface area contributed by atoms with Crippen LogP contribution in [-0.4, -0.2) is 62.7 Å². The van der Waals surface area contributed by atoms with Crippen molar-refractivity contribution in [2.75, 3.05) is 31.1 Å². The van der Waals surface area contributed by atoms with Crippen molar-refractivity contribution >= 4 is 23.3 Å². The first-order chi connectivity index (χ1) is 16.8. The molecule has 186 valence electrons. The van der Waals surface area contributed by atoms with Crippen LogP contribution in [0.25, 0.3) is 5.65 Å². The predicted octanol–water partition coefficient (Wildman–Crippen LogP) is 2.52. The first kappa shape index (κ1) is 24.4. The number of rotatable bonds is 7. The van der Waals surface area contributed by atoms with Crippen molar-refractivity contribution < 1.29 is 22.8 Å². The number of nitrogens with zero attached hydrogens (tertiary/aromatic N) is 6. The summed E-state index contributed by atoms with van der Waals surface area (Å²) in [6.07, 6.45) is -3.67. The summed E-state index contributed by atoms with van der Waals surface area (Å²) < 4.78 is 40.1. The van der Waals surface area contributed by atoms with Crippen LogP contribution in [0.5, 0.6) is 0 Å². The zero-order valence-corrected chi connectivity index (χ0v) is 19.2. The van der Waals surface area contributed by atoms with Crippen molar-refractivity contribution in [2.45, 2.75) is 32.5 Å². The van der Waals surface area contributed by atoms with Crippen molar-refractivity contribution in [3.8, 4) is 0 Å². The minimum Gasteiger partial charge on any atom is -0.355 e. The highest BCUT2D eigenvalue weighted by Gasteiger charge is 2.38. The van der Waals surface area contributed by atoms with Gasteiger partial charge in [0, 0.05) is 32.1 Å². The second-order valence-electron chi connectivity index (χ2n) is 8.36. The molecule has 1 fully saturated rings. The molecule has 1 aromatic carbocycles. The van der Waals surface area contributed by atoms with Gasteiger partial charge in [0.2, 0.25) is 11.8 Å². The summed E-state index contributed by atoms with van der Waals surface area (Å²) in [7, 11) is 0. The highest BCUT2D eigenvalue weighted by molar-refractivity contribution is 5.86. The van der Waals surface area contributed by atoms with Crippen LogP contribution in [0.1, 0.15) is 31.2 Å². The van der Waals surface area contributed by atoms with Crippen molar-refractivity contribution in [1.82, 2.24) is 30.0 Å². The van der Waals surface area contributed by atoms with Crippen LogP contribution in [0, 0.1) is 5.92 Å². The highest BCUT2D eigenvalue weighted by atomic mass is 19.4. The highest BCUT2D eigenvalue weighted by Crippen LogP contribution is 2.28. The molecule has 0 aliphatic carbocycles. The van der Waals surface area contributed by atoms with Crippen molar-refractivity contribution in [1.29, 1.82) is 0 Å². The van der Waals surface area contributed by atoms with E-state index in [9.17, 15) is 22.8 Å². The smallest absolute Gasteiger partial charge is 0.355 e. The molecule has 2 amide bonds. The first-order valence-electron chi connectivity index (χ1n) is 11.4. The molecule has 1 aliphatic rings. The summed E-state index contributed by atoms with van der Waals surface area (Å²) >= 11 is 0. The maximum Gasteiger partial charge on any atom is 0.453 e. The third kappa shape index (κ3) is 5.69. The minimum atomic E-state index is -4.66. The molecule has 35 heavy (non-hydrogen) atoms. The number of fused-ring (bicyclic) bond motifs is 1. The van der Waals surface area contributed by atoms with Gasteiger partial charge < -0.3 is 15.1 Å². The van der Waals surface area contributed by atoms with Crippen LogP contribution in [0.2, 0.25) is 0 Å². The summed E-state index contributed by atoms with van der Waals surface area (Å²) in [4.78, 5) is 28.7. The zero-order valence-electron chi connectivity index (χ0n) is 19.2. The van der Waals surface area contributed by atoms with Gasteiger partial charge in [-0.25, -0.2) is 0 Å². The Balaban J connectivity index is 1.30. The third-order valence-electron chi connectivity index (χ3n) is 6.06. The number of aromatic nitrogens is 4. The van der Waals surface area contributed by atoms with Gasteiger partial charge in [0.15, 0.2) is 5.65 Å². The summed E-state index contributed by atoms with van der Waals surface area (Å²) in [6, 6.07) is 12.7. The summed E-state index contributed by atoms with van der Waals surface area (Å²) in [6.45, 7) is 3.71. The molecule has 4 rings (SSSR count). The Kier molecular flexibility index (Phi) is 7.17. The van der Waals surface area contributed by atoms with Crippen molar-refractivity contribution in [3.63, 3.8) is 0 Å². The lowest BCUT2D eigenvalue weighted by Crippen LogP contribution is -2.44. The maximum absolute atomic E-state index is 13.1. The summed E-state index contributed by atoms with van der Waals surface area (Å²) in [5.41, 5.74) is 1.02. The molecule has 1 aliphatic heterocycles. The number of likely N-dealkylation sites (N-methyl/N-ethyl adjacent to an activating group) is 1. The lowest BCUT2D eigenvalue weighted by Gasteiger charge is -2.32. The monoisotopic (exact) mass is 489 g/mol. The van der Waals surface area contributed by atoms with E-state index in [1.54, 1.807) is 11.0 Å². The number of amides is 2. The lowest BCUT2D eigenvalue weighted by atomic mass is 9.96. The standard InChI is InChI=1S/C23H26F3N7O2/c1-2-31(15-16-6-4-3-5-7-16)20(34)14-27-21(35)17-10-12-32(13-11-17)19-9-8-18-28-29-22(23(24,25)26)33(18)30-19/h3-9,17H,2,10-15H2,1H3,(H,27,35). The van der Waals surface area contributed by atoms with E-state index >= 15 is 0 Å². The number of benzene rings is 1. The Morgan fingerprint density at radius 1 is 1.09 bits per heavy atom. The van der Waals surface area contributed by atoms with E-state index < -0.39 is 12.0 Å². The average molecular weight is 490 g/mol. The third-order valence-corrected chi connectivity index (χ3v) is 6.06. The largest absolute Gasteiger partial charge is 0.453 e. The quantitative estimate of drug-likeness (QED) is 0.548. The molecular weight excluding hydrogens is 463 g/mol. The topological polar surface area (TPSA) is 95.7 Å². The van der Waals surface area contributed by atoms with Gasteiger partial charge in [-0.15, -0.1) is 15.3 Å². The Morgan fingerprint density at radius 2 is 1.80 bits per heavy atom. The van der Waals surface area contributed by atoms with E-state index in [1.807, 2.05) is 42.2 Å². The SMILES string of the molecule is CCN(Cc1ccccc1)C(=O)CNC(=O)C1CCN(c2ccc3nnc(C(F)(F)F)n3n2)CC1. The summed E-state index contributed by atoms with van der Waals surface area (Å²) in [5.74, 6) is -1.46. The molecule has 1 N–H and O–H groups in total. The molecule has 0 atom stereocenters. The van der Waals surface area contributed by atoms with Gasteiger partial charge in [-0.1, -0.05) is 30.3 Å². The van der Waals surface area contributed by atoms with E-state index in [1.165, 1.54) is 6.07 Å². The molecular formula is C23H26F3N7O2. The molecule has 3 heterocycles. The van der Waals surface area contributed by atoms with Gasteiger partial charge in [0.25, 0.3) is 5.82 Å². The number of halogens is 3. The Labute approximate surface area is 199 Å². The van der Waals surface area contributed by atoms with E-state index in [2.05, 4.69) is 20.6 Å². The van der Waals surface area contributed by atoms with E-state index in [4.69, 9.17) is 0 Å². The van der Waals surface area contributed by atoms with E-state index in [0.717, 1.165) is 5.56 Å².